The summed E-state index contributed by atoms with van der Waals surface area (Å²) < 4.78 is 0. The second kappa shape index (κ2) is 6.62. The van der Waals surface area contributed by atoms with Gasteiger partial charge in [0.15, 0.2) is 5.17 Å². The Morgan fingerprint density at radius 1 is 0.962 bits per heavy atom. The van der Waals surface area contributed by atoms with Crippen LogP contribution >= 0.6 is 11.8 Å². The summed E-state index contributed by atoms with van der Waals surface area (Å²) in [5.74, 6) is 0. The summed E-state index contributed by atoms with van der Waals surface area (Å²) in [6, 6.07) is 17.8. The molecular weight excluding hydrogens is 336 g/mol. The highest BCUT2D eigenvalue weighted by Gasteiger charge is 2.37. The molecule has 2 nitrogen and oxygen atoms in total. The van der Waals surface area contributed by atoms with E-state index in [0.717, 1.165) is 19.5 Å². The van der Waals surface area contributed by atoms with Crippen molar-refractivity contribution in [2.75, 3.05) is 13.1 Å². The highest BCUT2D eigenvalue weighted by Crippen LogP contribution is 2.45. The van der Waals surface area contributed by atoms with Crippen LogP contribution in [-0.4, -0.2) is 23.2 Å². The van der Waals surface area contributed by atoms with Crippen LogP contribution in [0.3, 0.4) is 0 Å². The zero-order valence-electron chi connectivity index (χ0n) is 16.0. The summed E-state index contributed by atoms with van der Waals surface area (Å²) in [6.45, 7) is 10.9. The van der Waals surface area contributed by atoms with Crippen molar-refractivity contribution in [2.45, 2.75) is 34.1 Å². The smallest absolute Gasteiger partial charge is 0.168 e. The standard InChI is InChI=1S/C23H26N2S/c1-16-5-9-18(10-6-16)13-20-21(19-11-7-17(2)8-12-19)26-22-24-14-23(3,4)15-25(20)22/h5-12H,13-15H2,1-4H3. The molecule has 0 aromatic heterocycles. The Balaban J connectivity index is 1.76. The van der Waals surface area contributed by atoms with Crippen LogP contribution in [0.25, 0.3) is 4.91 Å². The van der Waals surface area contributed by atoms with Crippen LogP contribution in [-0.2, 0) is 6.42 Å². The van der Waals surface area contributed by atoms with Gasteiger partial charge < -0.3 is 4.90 Å². The monoisotopic (exact) mass is 362 g/mol. The number of aliphatic imine (C=N–C) groups is 1. The van der Waals surface area contributed by atoms with Crippen LogP contribution in [0.1, 0.15) is 36.1 Å². The van der Waals surface area contributed by atoms with Gasteiger partial charge in [0.1, 0.15) is 0 Å². The number of nitrogens with zero attached hydrogens (tertiary/aromatic N) is 2. The SMILES string of the molecule is Cc1ccc(CC2=C(c3ccc(C)cc3)SC3=NCC(C)(C)CN32)cc1. The number of aryl methyl sites for hydroxylation is 2. The molecule has 0 amide bonds. The maximum absolute atomic E-state index is 4.91. The van der Waals surface area contributed by atoms with E-state index >= 15 is 0 Å². The van der Waals surface area contributed by atoms with Gasteiger partial charge in [0, 0.05) is 35.5 Å². The number of fused-ring (bicyclic) bond motifs is 1. The molecule has 2 heterocycles. The van der Waals surface area contributed by atoms with E-state index in [0.29, 0.717) is 0 Å². The predicted molar refractivity (Wildman–Crippen MR) is 113 cm³/mol. The predicted octanol–water partition coefficient (Wildman–Crippen LogP) is 5.66. The fraction of sp³-hybridized carbons (Fsp3) is 0.348. The number of hydrogen-bond acceptors (Lipinski definition) is 3. The first-order valence-corrected chi connectivity index (χ1v) is 10.1. The Kier molecular flexibility index (Phi) is 4.44. The average molecular weight is 363 g/mol. The maximum atomic E-state index is 4.91. The minimum atomic E-state index is 0.214. The van der Waals surface area contributed by atoms with Crippen LogP contribution in [0.2, 0.25) is 0 Å². The van der Waals surface area contributed by atoms with Crippen molar-refractivity contribution < 1.29 is 0 Å². The van der Waals surface area contributed by atoms with Gasteiger partial charge in [-0.3, -0.25) is 4.99 Å². The minimum absolute atomic E-state index is 0.214. The highest BCUT2D eigenvalue weighted by molar-refractivity contribution is 8.22. The van der Waals surface area contributed by atoms with Crippen molar-refractivity contribution in [3.8, 4) is 0 Å². The zero-order valence-corrected chi connectivity index (χ0v) is 16.9. The zero-order chi connectivity index (χ0) is 18.3. The molecule has 3 heteroatoms. The van der Waals surface area contributed by atoms with E-state index in [1.807, 2.05) is 11.8 Å². The van der Waals surface area contributed by atoms with Crippen LogP contribution in [0.5, 0.6) is 0 Å². The average Bonchev–Trinajstić information content (AvgIpc) is 2.94. The van der Waals surface area contributed by atoms with E-state index in [4.69, 9.17) is 4.99 Å². The number of thioether (sulfide) groups is 1. The van der Waals surface area contributed by atoms with Gasteiger partial charge >= 0.3 is 0 Å². The van der Waals surface area contributed by atoms with Crippen LogP contribution in [0.4, 0.5) is 0 Å². The van der Waals surface area contributed by atoms with E-state index in [1.54, 1.807) is 0 Å². The molecule has 0 bridgehead atoms. The first-order chi connectivity index (χ1) is 12.4. The Morgan fingerprint density at radius 2 is 1.58 bits per heavy atom. The van der Waals surface area contributed by atoms with E-state index in [2.05, 4.69) is 81.1 Å². The molecule has 134 valence electrons. The molecular formula is C23H26N2S. The van der Waals surface area contributed by atoms with Crippen molar-refractivity contribution in [3.63, 3.8) is 0 Å². The fourth-order valence-electron chi connectivity index (χ4n) is 3.49. The second-order valence-corrected chi connectivity index (χ2v) is 9.23. The van der Waals surface area contributed by atoms with E-state index in [9.17, 15) is 0 Å². The molecule has 0 atom stereocenters. The number of allylic oxidation sites excluding steroid dienone is 1. The van der Waals surface area contributed by atoms with Crippen LogP contribution in [0, 0.1) is 19.3 Å². The normalized spacial score (nSPS) is 18.8. The van der Waals surface area contributed by atoms with Crippen LogP contribution < -0.4 is 0 Å². The van der Waals surface area contributed by atoms with Gasteiger partial charge in [-0.15, -0.1) is 0 Å². The lowest BCUT2D eigenvalue weighted by atomic mass is 9.91. The molecule has 0 N–H and O–H groups in total. The molecule has 0 radical (unpaired) electrons. The Morgan fingerprint density at radius 3 is 2.23 bits per heavy atom. The molecule has 2 aromatic carbocycles. The molecule has 0 fully saturated rings. The lowest BCUT2D eigenvalue weighted by Gasteiger charge is -2.36. The lowest BCUT2D eigenvalue weighted by Crippen LogP contribution is -2.41. The van der Waals surface area contributed by atoms with E-state index in [-0.39, 0.29) is 5.41 Å². The van der Waals surface area contributed by atoms with Gasteiger partial charge in [0.05, 0.1) is 0 Å². The number of amidine groups is 1. The summed E-state index contributed by atoms with van der Waals surface area (Å²) >= 11 is 1.84. The van der Waals surface area contributed by atoms with Gasteiger partial charge in [-0.05, 0) is 36.7 Å². The van der Waals surface area contributed by atoms with Crippen molar-refractivity contribution >= 4 is 21.8 Å². The van der Waals surface area contributed by atoms with Crippen molar-refractivity contribution in [2.24, 2.45) is 10.4 Å². The third-order valence-corrected chi connectivity index (χ3v) is 6.25. The summed E-state index contributed by atoms with van der Waals surface area (Å²) in [7, 11) is 0. The number of rotatable bonds is 3. The van der Waals surface area contributed by atoms with Crippen molar-refractivity contribution in [1.82, 2.24) is 4.90 Å². The quantitative estimate of drug-likeness (QED) is 0.700. The second-order valence-electron chi connectivity index (χ2n) is 8.26. The Bertz CT molecular complexity index is 873. The number of benzene rings is 2. The number of hydrogen-bond donors (Lipinski definition) is 0. The van der Waals surface area contributed by atoms with Gasteiger partial charge in [0.2, 0.25) is 0 Å². The molecule has 2 aliphatic rings. The van der Waals surface area contributed by atoms with Crippen LogP contribution in [0.15, 0.2) is 59.2 Å². The minimum Gasteiger partial charge on any atom is -0.323 e. The largest absolute Gasteiger partial charge is 0.323 e. The molecule has 0 aliphatic carbocycles. The first kappa shape index (κ1) is 17.4. The van der Waals surface area contributed by atoms with Gasteiger partial charge in [0.25, 0.3) is 0 Å². The molecule has 26 heavy (non-hydrogen) atoms. The fourth-order valence-corrected chi connectivity index (χ4v) is 4.64. The Hall–Kier alpha value is -2.00. The van der Waals surface area contributed by atoms with Gasteiger partial charge in [-0.25, -0.2) is 0 Å². The van der Waals surface area contributed by atoms with Gasteiger partial charge in [-0.2, -0.15) is 0 Å². The molecule has 4 rings (SSSR count). The highest BCUT2D eigenvalue weighted by atomic mass is 32.2. The molecule has 0 spiro atoms. The Labute approximate surface area is 161 Å². The van der Waals surface area contributed by atoms with Gasteiger partial charge in [-0.1, -0.05) is 73.5 Å². The van der Waals surface area contributed by atoms with Crippen molar-refractivity contribution in [1.29, 1.82) is 0 Å². The molecule has 0 saturated heterocycles. The summed E-state index contributed by atoms with van der Waals surface area (Å²) in [5.41, 5.74) is 6.88. The lowest BCUT2D eigenvalue weighted by molar-refractivity contribution is 0.275. The van der Waals surface area contributed by atoms with Crippen molar-refractivity contribution in [3.05, 3.63) is 76.5 Å². The third kappa shape index (κ3) is 3.45. The first-order valence-electron chi connectivity index (χ1n) is 9.27. The molecule has 0 unspecified atom stereocenters. The maximum Gasteiger partial charge on any atom is 0.168 e. The summed E-state index contributed by atoms with van der Waals surface area (Å²) in [4.78, 5) is 8.73. The molecule has 2 aromatic rings. The van der Waals surface area contributed by atoms with E-state index < -0.39 is 0 Å². The topological polar surface area (TPSA) is 15.6 Å². The molecule has 0 saturated carbocycles. The van der Waals surface area contributed by atoms with E-state index in [1.165, 1.54) is 38.0 Å². The molecule has 2 aliphatic heterocycles. The summed E-state index contributed by atoms with van der Waals surface area (Å²) in [6.07, 6.45) is 0.950. The summed E-state index contributed by atoms with van der Waals surface area (Å²) in [5, 5.41) is 1.17. The third-order valence-electron chi connectivity index (χ3n) is 5.05.